The average Bonchev–Trinajstić information content (AvgIpc) is 3.24. The summed E-state index contributed by atoms with van der Waals surface area (Å²) in [7, 11) is 0. The van der Waals surface area contributed by atoms with E-state index >= 15 is 0 Å². The summed E-state index contributed by atoms with van der Waals surface area (Å²) in [5, 5.41) is 3.09. The molecule has 2 fully saturated rings. The molecule has 0 aromatic heterocycles. The molecule has 2 unspecified atom stereocenters. The second kappa shape index (κ2) is 11.1. The summed E-state index contributed by atoms with van der Waals surface area (Å²) in [4.78, 5) is 41.1. The first-order chi connectivity index (χ1) is 18.3. The summed E-state index contributed by atoms with van der Waals surface area (Å²) < 4.78 is 5.64. The number of carbonyl (C=O) groups excluding carboxylic acids is 3. The molecule has 38 heavy (non-hydrogen) atoms. The third kappa shape index (κ3) is 5.54. The van der Waals surface area contributed by atoms with E-state index in [4.69, 9.17) is 4.74 Å². The molecule has 196 valence electrons. The topological polar surface area (TPSA) is 75.7 Å². The van der Waals surface area contributed by atoms with Gasteiger partial charge in [-0.2, -0.15) is 0 Å². The third-order valence-electron chi connectivity index (χ3n) is 7.23. The highest BCUT2D eigenvalue weighted by molar-refractivity contribution is 8.01. The maximum absolute atomic E-state index is 13.6. The number of benzene rings is 3. The van der Waals surface area contributed by atoms with Crippen molar-refractivity contribution in [2.24, 2.45) is 0 Å². The predicted octanol–water partition coefficient (Wildman–Crippen LogP) is 5.06. The number of amides is 2. The smallest absolute Gasteiger partial charge is 0.325 e. The number of likely N-dealkylation sites (tertiary alicyclic amines) is 1. The van der Waals surface area contributed by atoms with Crippen molar-refractivity contribution in [2.45, 2.75) is 54.9 Å². The molecule has 2 aliphatic heterocycles. The first-order valence-corrected chi connectivity index (χ1v) is 13.8. The number of esters is 1. The van der Waals surface area contributed by atoms with Gasteiger partial charge in [-0.3, -0.25) is 24.6 Å². The van der Waals surface area contributed by atoms with E-state index in [1.807, 2.05) is 105 Å². The van der Waals surface area contributed by atoms with Gasteiger partial charge in [0.2, 0.25) is 11.8 Å². The summed E-state index contributed by atoms with van der Waals surface area (Å²) in [6.07, 6.45) is 0.306. The van der Waals surface area contributed by atoms with Crippen LogP contribution >= 0.6 is 11.8 Å². The molecule has 3 atom stereocenters. The van der Waals surface area contributed by atoms with Gasteiger partial charge in [0.15, 0.2) is 6.10 Å². The molecule has 0 bridgehead atoms. The van der Waals surface area contributed by atoms with Crippen molar-refractivity contribution in [1.29, 1.82) is 0 Å². The fraction of sp³-hybridized carbons (Fsp3) is 0.323. The van der Waals surface area contributed by atoms with Gasteiger partial charge < -0.3 is 4.74 Å². The van der Waals surface area contributed by atoms with Gasteiger partial charge in [-0.05, 0) is 37.0 Å². The molecule has 0 aliphatic carbocycles. The SMILES string of the molecule is CC1(C)SC(CN2C(=O)CCC(c3ccccc3)C2=O)N[C@H]1C(=O)OC(c1ccccc1)c1ccccc1. The Morgan fingerprint density at radius 1 is 0.947 bits per heavy atom. The van der Waals surface area contributed by atoms with Crippen molar-refractivity contribution in [3.63, 3.8) is 0 Å². The van der Waals surface area contributed by atoms with E-state index in [2.05, 4.69) is 5.32 Å². The predicted molar refractivity (Wildman–Crippen MR) is 148 cm³/mol. The van der Waals surface area contributed by atoms with Crippen molar-refractivity contribution in [1.82, 2.24) is 10.2 Å². The molecule has 7 heteroatoms. The van der Waals surface area contributed by atoms with Crippen LogP contribution in [0.4, 0.5) is 0 Å². The van der Waals surface area contributed by atoms with Crippen molar-refractivity contribution >= 4 is 29.5 Å². The van der Waals surface area contributed by atoms with Crippen LogP contribution in [-0.4, -0.2) is 45.4 Å². The van der Waals surface area contributed by atoms with Gasteiger partial charge >= 0.3 is 5.97 Å². The molecule has 3 aromatic rings. The van der Waals surface area contributed by atoms with E-state index in [9.17, 15) is 14.4 Å². The molecule has 2 saturated heterocycles. The molecule has 5 rings (SSSR count). The van der Waals surface area contributed by atoms with Gasteiger partial charge in [0, 0.05) is 11.2 Å². The van der Waals surface area contributed by atoms with Crippen LogP contribution in [-0.2, 0) is 19.1 Å². The fourth-order valence-electron chi connectivity index (χ4n) is 5.25. The van der Waals surface area contributed by atoms with Crippen LogP contribution in [0.5, 0.6) is 0 Å². The Labute approximate surface area is 227 Å². The average molecular weight is 529 g/mol. The van der Waals surface area contributed by atoms with Crippen LogP contribution in [0.25, 0.3) is 0 Å². The first-order valence-electron chi connectivity index (χ1n) is 13.0. The number of thioether (sulfide) groups is 1. The number of nitrogens with zero attached hydrogens (tertiary/aromatic N) is 1. The fourth-order valence-corrected chi connectivity index (χ4v) is 6.72. The van der Waals surface area contributed by atoms with Crippen molar-refractivity contribution in [3.05, 3.63) is 108 Å². The van der Waals surface area contributed by atoms with Crippen molar-refractivity contribution in [3.8, 4) is 0 Å². The Balaban J connectivity index is 1.30. The highest BCUT2D eigenvalue weighted by atomic mass is 32.2. The van der Waals surface area contributed by atoms with E-state index in [0.717, 1.165) is 16.7 Å². The van der Waals surface area contributed by atoms with E-state index in [0.29, 0.717) is 12.8 Å². The van der Waals surface area contributed by atoms with Crippen molar-refractivity contribution < 1.29 is 19.1 Å². The molecule has 2 amide bonds. The van der Waals surface area contributed by atoms with Crippen LogP contribution < -0.4 is 5.32 Å². The lowest BCUT2D eigenvalue weighted by Gasteiger charge is -2.32. The first kappa shape index (κ1) is 26.2. The lowest BCUT2D eigenvalue weighted by atomic mass is 9.89. The van der Waals surface area contributed by atoms with E-state index in [-0.39, 0.29) is 35.6 Å². The zero-order valence-corrected chi connectivity index (χ0v) is 22.4. The Kier molecular flexibility index (Phi) is 7.68. The largest absolute Gasteiger partial charge is 0.451 e. The molecule has 0 spiro atoms. The quantitative estimate of drug-likeness (QED) is 0.341. The standard InChI is InChI=1S/C31H32N2O4S/c1-31(2)28(30(36)37-27(22-14-8-4-9-15-22)23-16-10-5-11-17-23)32-25(38-31)20-33-26(34)19-18-24(29(33)35)21-12-6-3-7-13-21/h3-17,24-25,27-28,32H,18-20H2,1-2H3/t24?,25?,28-/m0/s1. The highest BCUT2D eigenvalue weighted by Gasteiger charge is 2.48. The minimum absolute atomic E-state index is 0.165. The van der Waals surface area contributed by atoms with E-state index < -0.39 is 16.9 Å². The molecular weight excluding hydrogens is 496 g/mol. The molecular formula is C31H32N2O4S. The Morgan fingerprint density at radius 2 is 1.50 bits per heavy atom. The van der Waals surface area contributed by atoms with Gasteiger partial charge in [-0.25, -0.2) is 0 Å². The number of rotatable bonds is 7. The van der Waals surface area contributed by atoms with Crippen LogP contribution in [0.2, 0.25) is 0 Å². The molecule has 1 N–H and O–H groups in total. The summed E-state index contributed by atoms with van der Waals surface area (Å²) >= 11 is 1.56. The van der Waals surface area contributed by atoms with Crippen LogP contribution in [0.3, 0.4) is 0 Å². The highest BCUT2D eigenvalue weighted by Crippen LogP contribution is 2.40. The zero-order valence-electron chi connectivity index (χ0n) is 21.6. The second-order valence-corrected chi connectivity index (χ2v) is 12.1. The normalized spacial score (nSPS) is 23.0. The Morgan fingerprint density at radius 3 is 2.08 bits per heavy atom. The van der Waals surface area contributed by atoms with Gasteiger partial charge in [-0.15, -0.1) is 11.8 Å². The zero-order chi connectivity index (χ0) is 26.7. The number of nitrogens with one attached hydrogen (secondary N) is 1. The van der Waals surface area contributed by atoms with Gasteiger partial charge in [0.25, 0.3) is 0 Å². The van der Waals surface area contributed by atoms with E-state index in [1.165, 1.54) is 4.90 Å². The number of ether oxygens (including phenoxy) is 1. The lowest BCUT2D eigenvalue weighted by Crippen LogP contribution is -2.51. The van der Waals surface area contributed by atoms with Gasteiger partial charge in [0.1, 0.15) is 6.04 Å². The Bertz CT molecular complexity index is 1240. The molecule has 3 aromatic carbocycles. The second-order valence-electron chi connectivity index (χ2n) is 10.3. The minimum atomic E-state index is -0.604. The monoisotopic (exact) mass is 528 g/mol. The number of carbonyl (C=O) groups is 3. The Hall–Kier alpha value is -3.42. The van der Waals surface area contributed by atoms with Crippen molar-refractivity contribution in [2.75, 3.05) is 6.54 Å². The summed E-state index contributed by atoms with van der Waals surface area (Å²) in [6.45, 7) is 4.19. The maximum Gasteiger partial charge on any atom is 0.325 e. The van der Waals surface area contributed by atoms with Crippen LogP contribution in [0.1, 0.15) is 55.4 Å². The number of hydrogen-bond donors (Lipinski definition) is 1. The molecule has 2 aliphatic rings. The van der Waals surface area contributed by atoms with E-state index in [1.54, 1.807) is 11.8 Å². The van der Waals surface area contributed by atoms with Crippen LogP contribution in [0, 0.1) is 0 Å². The third-order valence-corrected chi connectivity index (χ3v) is 8.64. The summed E-state index contributed by atoms with van der Waals surface area (Å²) in [5.41, 5.74) is 2.71. The number of hydrogen-bond acceptors (Lipinski definition) is 6. The maximum atomic E-state index is 13.6. The molecule has 6 nitrogen and oxygen atoms in total. The van der Waals surface area contributed by atoms with Crippen LogP contribution in [0.15, 0.2) is 91.0 Å². The summed E-state index contributed by atoms with van der Waals surface area (Å²) in [6, 6.07) is 28.4. The summed E-state index contributed by atoms with van der Waals surface area (Å²) in [5.74, 6) is -1.03. The number of imide groups is 1. The minimum Gasteiger partial charge on any atom is -0.451 e. The molecule has 2 heterocycles. The molecule has 0 saturated carbocycles. The number of piperidine rings is 1. The van der Waals surface area contributed by atoms with Gasteiger partial charge in [-0.1, -0.05) is 91.0 Å². The molecule has 0 radical (unpaired) electrons. The lowest BCUT2D eigenvalue weighted by molar-refractivity contribution is -0.150. The van der Waals surface area contributed by atoms with Gasteiger partial charge in [0.05, 0.1) is 17.8 Å².